The molecule has 0 saturated heterocycles. The summed E-state index contributed by atoms with van der Waals surface area (Å²) in [4.78, 5) is 19.4. The molecule has 4 heteroatoms. The van der Waals surface area contributed by atoms with Crippen LogP contribution >= 0.6 is 0 Å². The Balaban J connectivity index is 2.40. The van der Waals surface area contributed by atoms with E-state index in [1.165, 1.54) is 0 Å². The molecule has 0 fully saturated rings. The van der Waals surface area contributed by atoms with Crippen LogP contribution in [0.15, 0.2) is 34.0 Å². The van der Waals surface area contributed by atoms with E-state index >= 15 is 0 Å². The molecule has 1 aliphatic heterocycles. The number of amides is 1. The first-order valence-corrected chi connectivity index (χ1v) is 4.32. The molecule has 1 amide bonds. The maximum atomic E-state index is 11.4. The van der Waals surface area contributed by atoms with E-state index in [9.17, 15) is 4.79 Å². The normalized spacial score (nSPS) is 24.9. The van der Waals surface area contributed by atoms with Crippen molar-refractivity contribution < 1.29 is 9.53 Å². The molecule has 0 aromatic carbocycles. The molecule has 0 aromatic rings. The van der Waals surface area contributed by atoms with Gasteiger partial charge < -0.3 is 4.74 Å². The fraction of sp³-hybridized carbons (Fsp3) is 0.300. The van der Waals surface area contributed by atoms with Gasteiger partial charge in [0.1, 0.15) is 17.5 Å². The molecule has 0 spiro atoms. The molecule has 4 nitrogen and oxygen atoms in total. The third-order valence-corrected chi connectivity index (χ3v) is 2.13. The molecule has 1 heterocycles. The smallest absolute Gasteiger partial charge is 0.260 e. The van der Waals surface area contributed by atoms with Crippen LogP contribution in [-0.4, -0.2) is 24.6 Å². The summed E-state index contributed by atoms with van der Waals surface area (Å²) in [6.45, 7) is 1.71. The number of aliphatic imine (C=N–C) groups is 2. The van der Waals surface area contributed by atoms with E-state index in [2.05, 4.69) is 9.98 Å². The second-order valence-corrected chi connectivity index (χ2v) is 3.12. The third kappa shape index (κ3) is 1.39. The van der Waals surface area contributed by atoms with E-state index in [1.54, 1.807) is 32.3 Å². The highest BCUT2D eigenvalue weighted by molar-refractivity contribution is 6.21. The lowest BCUT2D eigenvalue weighted by molar-refractivity contribution is -0.118. The Morgan fingerprint density at radius 3 is 2.93 bits per heavy atom. The van der Waals surface area contributed by atoms with Gasteiger partial charge >= 0.3 is 0 Å². The zero-order valence-electron chi connectivity index (χ0n) is 8.02. The molecule has 0 N–H and O–H groups in total. The number of carbonyl (C=O) groups excluding carboxylic acids is 1. The summed E-state index contributed by atoms with van der Waals surface area (Å²) in [5.74, 6) is 0.735. The van der Waals surface area contributed by atoms with Crippen molar-refractivity contribution >= 4 is 17.5 Å². The van der Waals surface area contributed by atoms with Gasteiger partial charge in [0.15, 0.2) is 0 Å². The molecule has 72 valence electrons. The van der Waals surface area contributed by atoms with Gasteiger partial charge in [0, 0.05) is 6.08 Å². The van der Waals surface area contributed by atoms with Gasteiger partial charge in [-0.25, -0.2) is 4.99 Å². The van der Waals surface area contributed by atoms with Crippen LogP contribution in [0, 0.1) is 5.92 Å². The van der Waals surface area contributed by atoms with Crippen molar-refractivity contribution in [1.82, 2.24) is 0 Å². The van der Waals surface area contributed by atoms with Crippen LogP contribution in [0.2, 0.25) is 0 Å². The summed E-state index contributed by atoms with van der Waals surface area (Å²) >= 11 is 0. The van der Waals surface area contributed by atoms with Crippen LogP contribution in [0.3, 0.4) is 0 Å². The summed E-state index contributed by atoms with van der Waals surface area (Å²) in [5, 5.41) is 0. The molecule has 1 unspecified atom stereocenters. The van der Waals surface area contributed by atoms with Crippen molar-refractivity contribution in [3.63, 3.8) is 0 Å². The minimum Gasteiger partial charge on any atom is -0.497 e. The highest BCUT2D eigenvalue weighted by Crippen LogP contribution is 2.19. The molecule has 14 heavy (non-hydrogen) atoms. The van der Waals surface area contributed by atoms with Gasteiger partial charge in [0.05, 0.1) is 12.8 Å². The van der Waals surface area contributed by atoms with Crippen molar-refractivity contribution in [2.45, 2.75) is 6.92 Å². The van der Waals surface area contributed by atoms with Gasteiger partial charge in [-0.1, -0.05) is 6.08 Å². The van der Waals surface area contributed by atoms with Crippen molar-refractivity contribution in [2.24, 2.45) is 15.9 Å². The van der Waals surface area contributed by atoms with Crippen LogP contribution in [0.4, 0.5) is 0 Å². The van der Waals surface area contributed by atoms with Gasteiger partial charge in [-0.05, 0) is 13.0 Å². The number of nitrogens with zero attached hydrogens (tertiary/aromatic N) is 2. The first-order valence-electron chi connectivity index (χ1n) is 4.32. The Morgan fingerprint density at radius 1 is 1.43 bits per heavy atom. The maximum Gasteiger partial charge on any atom is 0.260 e. The molecular weight excluding hydrogens is 180 g/mol. The van der Waals surface area contributed by atoms with Gasteiger partial charge in [-0.15, -0.1) is 0 Å². The van der Waals surface area contributed by atoms with Gasteiger partial charge in [-0.3, -0.25) is 4.79 Å². The molecule has 2 aliphatic rings. The second-order valence-electron chi connectivity index (χ2n) is 3.12. The highest BCUT2D eigenvalue weighted by atomic mass is 16.5. The van der Waals surface area contributed by atoms with Crippen molar-refractivity contribution in [2.75, 3.05) is 7.11 Å². The number of fused-ring (bicyclic) bond motifs is 1. The van der Waals surface area contributed by atoms with Crippen LogP contribution in [0.25, 0.3) is 0 Å². The predicted octanol–water partition coefficient (Wildman–Crippen LogP) is 1.10. The highest BCUT2D eigenvalue weighted by Gasteiger charge is 2.26. The lowest BCUT2D eigenvalue weighted by Gasteiger charge is -2.18. The zero-order valence-corrected chi connectivity index (χ0v) is 8.02. The van der Waals surface area contributed by atoms with Crippen LogP contribution in [0.5, 0.6) is 0 Å². The lowest BCUT2D eigenvalue weighted by atomic mass is 9.96. The monoisotopic (exact) mass is 190 g/mol. The van der Waals surface area contributed by atoms with Crippen molar-refractivity contribution in [3.8, 4) is 0 Å². The Labute approximate surface area is 81.7 Å². The number of methoxy groups -OCH3 is 1. The predicted molar refractivity (Wildman–Crippen MR) is 53.3 cm³/mol. The average molecular weight is 190 g/mol. The number of rotatable bonds is 1. The molecule has 0 aromatic heterocycles. The van der Waals surface area contributed by atoms with Crippen LogP contribution in [0.1, 0.15) is 6.92 Å². The van der Waals surface area contributed by atoms with E-state index in [-0.39, 0.29) is 11.8 Å². The zero-order chi connectivity index (χ0) is 10.1. The summed E-state index contributed by atoms with van der Waals surface area (Å²) in [5.41, 5.74) is 0.710. The Hall–Kier alpha value is -1.71. The minimum absolute atomic E-state index is 0.157. The molecule has 1 aliphatic carbocycles. The molecule has 1 atom stereocenters. The van der Waals surface area contributed by atoms with E-state index in [4.69, 9.17) is 4.74 Å². The Kier molecular flexibility index (Phi) is 2.04. The van der Waals surface area contributed by atoms with Crippen molar-refractivity contribution in [3.05, 3.63) is 24.0 Å². The lowest BCUT2D eigenvalue weighted by Crippen LogP contribution is -2.27. The minimum atomic E-state index is -0.322. The average Bonchev–Trinajstić information content (AvgIpc) is 2.16. The standard InChI is InChI=1S/C10H10N2O2/c1-6-11-9-5-7(14-2)3-4-8(9)10(13)12-6/h3-5,8H,1-2H3. The van der Waals surface area contributed by atoms with Crippen LogP contribution in [-0.2, 0) is 9.53 Å². The van der Waals surface area contributed by atoms with Crippen molar-refractivity contribution in [1.29, 1.82) is 0 Å². The summed E-state index contributed by atoms with van der Waals surface area (Å²) < 4.78 is 5.05. The van der Waals surface area contributed by atoms with E-state index < -0.39 is 0 Å². The van der Waals surface area contributed by atoms with E-state index in [0.717, 1.165) is 0 Å². The quantitative estimate of drug-likeness (QED) is 0.621. The van der Waals surface area contributed by atoms with Gasteiger partial charge in [-0.2, -0.15) is 4.99 Å². The Bertz CT molecular complexity index is 402. The topological polar surface area (TPSA) is 51.0 Å². The summed E-state index contributed by atoms with van der Waals surface area (Å²) in [6.07, 6.45) is 5.29. The number of hydrogen-bond donors (Lipinski definition) is 0. The molecule has 0 radical (unpaired) electrons. The van der Waals surface area contributed by atoms with E-state index in [1.807, 2.05) is 0 Å². The molecule has 2 rings (SSSR count). The van der Waals surface area contributed by atoms with E-state index in [0.29, 0.717) is 17.3 Å². The molecule has 0 saturated carbocycles. The number of amidine groups is 1. The fourth-order valence-electron chi connectivity index (χ4n) is 1.45. The van der Waals surface area contributed by atoms with Gasteiger partial charge in [0.2, 0.25) is 0 Å². The summed E-state index contributed by atoms with van der Waals surface area (Å²) in [6, 6.07) is 0. The second kappa shape index (κ2) is 3.21. The third-order valence-electron chi connectivity index (χ3n) is 2.13. The summed E-state index contributed by atoms with van der Waals surface area (Å²) in [7, 11) is 1.59. The number of carbonyl (C=O) groups is 1. The van der Waals surface area contributed by atoms with Gasteiger partial charge in [0.25, 0.3) is 5.91 Å². The fourth-order valence-corrected chi connectivity index (χ4v) is 1.45. The first kappa shape index (κ1) is 8.87. The Morgan fingerprint density at radius 2 is 2.21 bits per heavy atom. The maximum absolute atomic E-state index is 11.4. The number of hydrogen-bond acceptors (Lipinski definition) is 3. The molecular formula is C10H10N2O2. The van der Waals surface area contributed by atoms with Crippen LogP contribution < -0.4 is 0 Å². The SMILES string of the molecule is COC1=CC2=NC(C)=NC(=O)C2C=C1. The number of ether oxygens (including phenoxy) is 1. The first-order chi connectivity index (χ1) is 6.70. The number of allylic oxidation sites excluding steroid dienone is 2. The largest absolute Gasteiger partial charge is 0.497 e. The molecule has 0 bridgehead atoms.